The molecule has 2 N–H and O–H groups in total. The number of amides is 1. The number of nitrogens with one attached hydrogen (secondary N) is 2. The van der Waals surface area contributed by atoms with Gasteiger partial charge in [-0.25, -0.2) is 0 Å². The van der Waals surface area contributed by atoms with Gasteiger partial charge in [0, 0.05) is 5.54 Å². The summed E-state index contributed by atoms with van der Waals surface area (Å²) in [7, 11) is 0. The van der Waals surface area contributed by atoms with Gasteiger partial charge in [0.05, 0.1) is 5.56 Å². The van der Waals surface area contributed by atoms with Crippen LogP contribution in [0.1, 0.15) is 35.9 Å². The zero-order chi connectivity index (χ0) is 11.6. The van der Waals surface area contributed by atoms with Crippen LogP contribution in [0.5, 0.6) is 0 Å². The molecule has 4 heteroatoms. The molecule has 88 valence electrons. The van der Waals surface area contributed by atoms with Gasteiger partial charge in [0.15, 0.2) is 0 Å². The van der Waals surface area contributed by atoms with E-state index in [0.29, 0.717) is 5.56 Å². The molecule has 1 amide bonds. The number of hydrogen-bond acceptors (Lipinski definition) is 3. The second-order valence-corrected chi connectivity index (χ2v) is 4.71. The Morgan fingerprint density at radius 2 is 2.19 bits per heavy atom. The Labute approximate surface area is 95.4 Å². The minimum atomic E-state index is -0.0898. The molecule has 0 bridgehead atoms. The van der Waals surface area contributed by atoms with E-state index in [0.717, 1.165) is 31.7 Å². The zero-order valence-electron chi connectivity index (χ0n) is 9.80. The van der Waals surface area contributed by atoms with Crippen molar-refractivity contribution in [3.05, 3.63) is 23.7 Å². The Hall–Kier alpha value is -1.29. The fourth-order valence-electron chi connectivity index (χ4n) is 2.01. The van der Waals surface area contributed by atoms with E-state index in [1.807, 2.05) is 6.92 Å². The normalized spacial score (nSPS) is 19.4. The number of carbonyl (C=O) groups excluding carboxylic acids is 1. The van der Waals surface area contributed by atoms with E-state index in [-0.39, 0.29) is 11.4 Å². The van der Waals surface area contributed by atoms with Crippen LogP contribution in [0.4, 0.5) is 0 Å². The van der Waals surface area contributed by atoms with Gasteiger partial charge in [0.2, 0.25) is 0 Å². The number of carbonyl (C=O) groups is 1. The average molecular weight is 222 g/mol. The molecule has 0 spiro atoms. The van der Waals surface area contributed by atoms with Crippen molar-refractivity contribution in [2.75, 3.05) is 13.1 Å². The number of furan rings is 1. The van der Waals surface area contributed by atoms with E-state index in [2.05, 4.69) is 17.6 Å². The second-order valence-electron chi connectivity index (χ2n) is 4.71. The predicted octanol–water partition coefficient (Wildman–Crippen LogP) is 1.46. The third kappa shape index (κ3) is 2.44. The molecular formula is C12H18N2O2. The maximum absolute atomic E-state index is 11.9. The Morgan fingerprint density at radius 3 is 2.75 bits per heavy atom. The molecule has 0 atom stereocenters. The Morgan fingerprint density at radius 1 is 1.50 bits per heavy atom. The highest BCUT2D eigenvalue weighted by Gasteiger charge is 2.28. The summed E-state index contributed by atoms with van der Waals surface area (Å²) >= 11 is 0. The summed E-state index contributed by atoms with van der Waals surface area (Å²) in [4.78, 5) is 11.9. The predicted molar refractivity (Wildman–Crippen MR) is 61.4 cm³/mol. The number of piperidine rings is 1. The highest BCUT2D eigenvalue weighted by Crippen LogP contribution is 2.18. The van der Waals surface area contributed by atoms with E-state index >= 15 is 0 Å². The van der Waals surface area contributed by atoms with Crippen molar-refractivity contribution >= 4 is 5.91 Å². The standard InChI is InChI=1S/C12H18N2O2/c1-9-7-10(8-16-9)11(15)14-12(2)3-5-13-6-4-12/h7-8,13H,3-6H2,1-2H3,(H,14,15). The lowest BCUT2D eigenvalue weighted by molar-refractivity contribution is 0.0887. The molecule has 1 aliphatic heterocycles. The summed E-state index contributed by atoms with van der Waals surface area (Å²) in [6.45, 7) is 5.85. The maximum Gasteiger partial charge on any atom is 0.254 e. The molecule has 16 heavy (non-hydrogen) atoms. The topological polar surface area (TPSA) is 54.3 Å². The van der Waals surface area contributed by atoms with Crippen molar-refractivity contribution in [2.45, 2.75) is 32.2 Å². The Bertz CT molecular complexity index is 378. The fourth-order valence-corrected chi connectivity index (χ4v) is 2.01. The fraction of sp³-hybridized carbons (Fsp3) is 0.583. The first-order chi connectivity index (χ1) is 7.59. The van der Waals surface area contributed by atoms with Gasteiger partial charge in [-0.3, -0.25) is 4.79 Å². The molecule has 1 aromatic heterocycles. The summed E-state index contributed by atoms with van der Waals surface area (Å²) < 4.78 is 5.13. The van der Waals surface area contributed by atoms with Crippen molar-refractivity contribution in [2.24, 2.45) is 0 Å². The molecule has 1 fully saturated rings. The molecule has 0 aliphatic carbocycles. The highest BCUT2D eigenvalue weighted by atomic mass is 16.3. The minimum Gasteiger partial charge on any atom is -0.469 e. The van der Waals surface area contributed by atoms with Gasteiger partial charge in [-0.05, 0) is 45.8 Å². The Kier molecular flexibility index (Phi) is 3.01. The monoisotopic (exact) mass is 222 g/mol. The largest absolute Gasteiger partial charge is 0.469 e. The molecule has 1 aromatic rings. The van der Waals surface area contributed by atoms with Crippen LogP contribution in [0.15, 0.2) is 16.7 Å². The van der Waals surface area contributed by atoms with Gasteiger partial charge in [0.1, 0.15) is 12.0 Å². The summed E-state index contributed by atoms with van der Waals surface area (Å²) in [6, 6.07) is 1.76. The maximum atomic E-state index is 11.9. The molecule has 0 unspecified atom stereocenters. The highest BCUT2D eigenvalue weighted by molar-refractivity contribution is 5.94. The van der Waals surface area contributed by atoms with Crippen LogP contribution in [0.3, 0.4) is 0 Å². The first-order valence-electron chi connectivity index (χ1n) is 5.67. The van der Waals surface area contributed by atoms with Gasteiger partial charge in [0.25, 0.3) is 5.91 Å². The van der Waals surface area contributed by atoms with E-state index in [1.54, 1.807) is 6.07 Å². The third-order valence-corrected chi connectivity index (χ3v) is 3.12. The molecule has 2 heterocycles. The quantitative estimate of drug-likeness (QED) is 0.796. The minimum absolute atomic E-state index is 0.0405. The van der Waals surface area contributed by atoms with Crippen LogP contribution in [0, 0.1) is 6.92 Å². The van der Waals surface area contributed by atoms with E-state index in [1.165, 1.54) is 6.26 Å². The third-order valence-electron chi connectivity index (χ3n) is 3.12. The Balaban J connectivity index is 2.01. The summed E-state index contributed by atoms with van der Waals surface area (Å²) in [5, 5.41) is 6.37. The van der Waals surface area contributed by atoms with Crippen molar-refractivity contribution in [3.8, 4) is 0 Å². The molecule has 0 saturated carbocycles. The first kappa shape index (κ1) is 11.2. The van der Waals surface area contributed by atoms with E-state index in [4.69, 9.17) is 4.42 Å². The second kappa shape index (κ2) is 4.29. The molecule has 0 radical (unpaired) electrons. The molecule has 4 nitrogen and oxygen atoms in total. The lowest BCUT2D eigenvalue weighted by Crippen LogP contribution is -2.52. The van der Waals surface area contributed by atoms with Gasteiger partial charge >= 0.3 is 0 Å². The van der Waals surface area contributed by atoms with E-state index < -0.39 is 0 Å². The first-order valence-corrected chi connectivity index (χ1v) is 5.67. The average Bonchev–Trinajstić information content (AvgIpc) is 2.65. The van der Waals surface area contributed by atoms with Crippen molar-refractivity contribution < 1.29 is 9.21 Å². The summed E-state index contributed by atoms with van der Waals surface area (Å²) in [5.41, 5.74) is 0.519. The van der Waals surface area contributed by atoms with Crippen molar-refractivity contribution in [3.63, 3.8) is 0 Å². The molecule has 1 aliphatic rings. The van der Waals surface area contributed by atoms with Gasteiger partial charge in [-0.2, -0.15) is 0 Å². The van der Waals surface area contributed by atoms with Crippen LogP contribution >= 0.6 is 0 Å². The number of aryl methyl sites for hydroxylation is 1. The number of rotatable bonds is 2. The molecule has 2 rings (SSSR count). The zero-order valence-corrected chi connectivity index (χ0v) is 9.80. The summed E-state index contributed by atoms with van der Waals surface area (Å²) in [6.07, 6.45) is 3.44. The smallest absolute Gasteiger partial charge is 0.254 e. The van der Waals surface area contributed by atoms with Crippen LogP contribution in [0.25, 0.3) is 0 Å². The molecule has 0 aromatic carbocycles. The van der Waals surface area contributed by atoms with E-state index in [9.17, 15) is 4.79 Å². The van der Waals surface area contributed by atoms with Gasteiger partial charge < -0.3 is 15.1 Å². The van der Waals surface area contributed by atoms with Crippen LogP contribution < -0.4 is 10.6 Å². The van der Waals surface area contributed by atoms with Crippen molar-refractivity contribution in [1.82, 2.24) is 10.6 Å². The van der Waals surface area contributed by atoms with Gasteiger partial charge in [-0.15, -0.1) is 0 Å². The SMILES string of the molecule is Cc1cc(C(=O)NC2(C)CCNCC2)co1. The van der Waals surface area contributed by atoms with Crippen molar-refractivity contribution in [1.29, 1.82) is 0 Å². The summed E-state index contributed by atoms with van der Waals surface area (Å²) in [5.74, 6) is 0.724. The van der Waals surface area contributed by atoms with Crippen LogP contribution in [-0.4, -0.2) is 24.5 Å². The van der Waals surface area contributed by atoms with Crippen LogP contribution in [0.2, 0.25) is 0 Å². The molecular weight excluding hydrogens is 204 g/mol. The van der Waals surface area contributed by atoms with Crippen LogP contribution in [-0.2, 0) is 0 Å². The molecule has 1 saturated heterocycles. The number of hydrogen-bond donors (Lipinski definition) is 2. The van der Waals surface area contributed by atoms with Gasteiger partial charge in [-0.1, -0.05) is 0 Å². The lowest BCUT2D eigenvalue weighted by atomic mass is 9.90. The lowest BCUT2D eigenvalue weighted by Gasteiger charge is -2.34.